The molecule has 4 rings (SSSR count). The first kappa shape index (κ1) is 17.4. The van der Waals surface area contributed by atoms with Crippen LogP contribution in [0.1, 0.15) is 15.9 Å². The third kappa shape index (κ3) is 3.86. The van der Waals surface area contributed by atoms with Crippen molar-refractivity contribution in [3.05, 3.63) is 71.9 Å². The van der Waals surface area contributed by atoms with E-state index in [9.17, 15) is 4.79 Å². The van der Waals surface area contributed by atoms with Gasteiger partial charge < -0.3 is 20.1 Å². The fraction of sp³-hybridized carbons (Fsp3) is 0.0952. The minimum Gasteiger partial charge on any atom is -0.486 e. The van der Waals surface area contributed by atoms with Crippen LogP contribution in [0.2, 0.25) is 0 Å². The van der Waals surface area contributed by atoms with Crippen LogP contribution in [-0.4, -0.2) is 24.1 Å². The van der Waals surface area contributed by atoms with Crippen molar-refractivity contribution in [3.8, 4) is 17.6 Å². The van der Waals surface area contributed by atoms with Gasteiger partial charge in [0.25, 0.3) is 5.91 Å². The van der Waals surface area contributed by atoms with Gasteiger partial charge in [-0.2, -0.15) is 5.26 Å². The molecule has 7 nitrogen and oxygen atoms in total. The van der Waals surface area contributed by atoms with E-state index in [4.69, 9.17) is 14.7 Å². The van der Waals surface area contributed by atoms with Crippen LogP contribution in [0.4, 0.5) is 17.2 Å². The van der Waals surface area contributed by atoms with Gasteiger partial charge in [-0.25, -0.2) is 4.98 Å². The molecule has 0 aliphatic carbocycles. The molecule has 0 saturated carbocycles. The number of pyridine rings is 1. The molecule has 0 spiro atoms. The summed E-state index contributed by atoms with van der Waals surface area (Å²) in [6.07, 6.45) is 1.50. The van der Waals surface area contributed by atoms with Crippen LogP contribution in [0.5, 0.6) is 11.5 Å². The number of aromatic nitrogens is 1. The van der Waals surface area contributed by atoms with E-state index in [2.05, 4.69) is 15.6 Å². The van der Waals surface area contributed by atoms with Gasteiger partial charge in [0, 0.05) is 23.6 Å². The highest BCUT2D eigenvalue weighted by Gasteiger charge is 2.12. The summed E-state index contributed by atoms with van der Waals surface area (Å²) in [7, 11) is 0. The zero-order valence-electron chi connectivity index (χ0n) is 14.8. The van der Waals surface area contributed by atoms with Crippen LogP contribution < -0.4 is 20.1 Å². The summed E-state index contributed by atoms with van der Waals surface area (Å²) < 4.78 is 11.1. The lowest BCUT2D eigenvalue weighted by Crippen LogP contribution is -2.15. The molecule has 0 saturated heterocycles. The van der Waals surface area contributed by atoms with E-state index in [1.54, 1.807) is 36.4 Å². The molecule has 28 heavy (non-hydrogen) atoms. The van der Waals surface area contributed by atoms with E-state index >= 15 is 0 Å². The number of carbonyl (C=O) groups excluding carboxylic acids is 1. The molecule has 3 aromatic rings. The summed E-state index contributed by atoms with van der Waals surface area (Å²) in [6, 6.07) is 17.7. The molecule has 1 aliphatic heterocycles. The quantitative estimate of drug-likeness (QED) is 0.725. The van der Waals surface area contributed by atoms with E-state index in [1.165, 1.54) is 6.20 Å². The number of carbonyl (C=O) groups is 1. The van der Waals surface area contributed by atoms with Crippen LogP contribution in [0.25, 0.3) is 0 Å². The largest absolute Gasteiger partial charge is 0.486 e. The Hall–Kier alpha value is -4.05. The van der Waals surface area contributed by atoms with Gasteiger partial charge in [-0.15, -0.1) is 0 Å². The number of nitrogens with zero attached hydrogens (tertiary/aromatic N) is 2. The molecule has 1 aromatic heterocycles. The van der Waals surface area contributed by atoms with Crippen molar-refractivity contribution < 1.29 is 14.3 Å². The number of ether oxygens (including phenoxy) is 2. The number of hydrogen-bond donors (Lipinski definition) is 2. The number of nitrogens with one attached hydrogen (secondary N) is 2. The Morgan fingerprint density at radius 1 is 0.964 bits per heavy atom. The number of fused-ring (bicyclic) bond motifs is 1. The molecule has 2 heterocycles. The van der Waals surface area contributed by atoms with Gasteiger partial charge in [0.2, 0.25) is 0 Å². The third-order valence-corrected chi connectivity index (χ3v) is 4.11. The summed E-state index contributed by atoms with van der Waals surface area (Å²) in [6.45, 7) is 1.07. The number of rotatable bonds is 4. The topological polar surface area (TPSA) is 96.3 Å². The maximum Gasteiger partial charge on any atom is 0.257 e. The highest BCUT2D eigenvalue weighted by atomic mass is 16.6. The van der Waals surface area contributed by atoms with Gasteiger partial charge in [-0.05, 0) is 48.5 Å². The highest BCUT2D eigenvalue weighted by molar-refractivity contribution is 6.04. The number of hydrogen-bond acceptors (Lipinski definition) is 6. The van der Waals surface area contributed by atoms with Crippen LogP contribution in [0.15, 0.2) is 60.8 Å². The Bertz CT molecular complexity index is 1040. The van der Waals surface area contributed by atoms with Gasteiger partial charge in [0.1, 0.15) is 19.0 Å². The Labute approximate surface area is 161 Å². The minimum absolute atomic E-state index is 0.275. The van der Waals surface area contributed by atoms with Crippen molar-refractivity contribution in [2.24, 2.45) is 0 Å². The number of anilines is 3. The average molecular weight is 372 g/mol. The molecule has 0 bridgehead atoms. The lowest BCUT2D eigenvalue weighted by molar-refractivity contribution is 0.102. The zero-order valence-corrected chi connectivity index (χ0v) is 14.8. The molecule has 1 aliphatic rings. The summed E-state index contributed by atoms with van der Waals surface area (Å²) in [5.74, 6) is 1.74. The lowest BCUT2D eigenvalue weighted by atomic mass is 10.2. The van der Waals surface area contributed by atoms with Crippen molar-refractivity contribution in [1.29, 1.82) is 5.26 Å². The van der Waals surface area contributed by atoms with Crippen LogP contribution in [0.3, 0.4) is 0 Å². The van der Waals surface area contributed by atoms with Crippen molar-refractivity contribution in [2.75, 3.05) is 23.8 Å². The van der Waals surface area contributed by atoms with Crippen molar-refractivity contribution in [3.63, 3.8) is 0 Å². The second-order valence-electron chi connectivity index (χ2n) is 6.06. The van der Waals surface area contributed by atoms with E-state index in [1.807, 2.05) is 24.3 Å². The Morgan fingerprint density at radius 2 is 1.71 bits per heavy atom. The summed E-state index contributed by atoms with van der Waals surface area (Å²) in [4.78, 5) is 16.6. The van der Waals surface area contributed by atoms with E-state index in [-0.39, 0.29) is 5.91 Å². The lowest BCUT2D eigenvalue weighted by Gasteiger charge is -2.19. The molecule has 7 heteroatoms. The number of nitriles is 1. The van der Waals surface area contributed by atoms with Gasteiger partial charge >= 0.3 is 0 Å². The van der Waals surface area contributed by atoms with Crippen molar-refractivity contribution >= 4 is 23.1 Å². The molecule has 138 valence electrons. The monoisotopic (exact) mass is 372 g/mol. The Balaban J connectivity index is 1.41. The van der Waals surface area contributed by atoms with Crippen LogP contribution >= 0.6 is 0 Å². The molecular weight excluding hydrogens is 356 g/mol. The van der Waals surface area contributed by atoms with E-state index < -0.39 is 0 Å². The number of amides is 1. The molecular formula is C21H16N4O3. The second-order valence-corrected chi connectivity index (χ2v) is 6.06. The average Bonchev–Trinajstić information content (AvgIpc) is 2.75. The fourth-order valence-electron chi connectivity index (χ4n) is 2.70. The van der Waals surface area contributed by atoms with Crippen LogP contribution in [0, 0.1) is 11.3 Å². The minimum atomic E-state index is -0.275. The SMILES string of the molecule is N#Cc1ccc(NC(=O)c2ccc(Nc3ccc4c(c3)OCCO4)nc2)cc1. The number of benzene rings is 2. The Kier molecular flexibility index (Phi) is 4.76. The summed E-state index contributed by atoms with van der Waals surface area (Å²) >= 11 is 0. The predicted octanol–water partition coefficient (Wildman–Crippen LogP) is 3.72. The second kappa shape index (κ2) is 7.68. The fourth-order valence-corrected chi connectivity index (χ4v) is 2.70. The predicted molar refractivity (Wildman–Crippen MR) is 104 cm³/mol. The van der Waals surface area contributed by atoms with Gasteiger partial charge in [0.05, 0.1) is 17.2 Å². The molecule has 0 unspecified atom stereocenters. The zero-order chi connectivity index (χ0) is 19.3. The van der Waals surface area contributed by atoms with Gasteiger partial charge in [-0.3, -0.25) is 4.79 Å². The van der Waals surface area contributed by atoms with E-state index in [0.29, 0.717) is 41.6 Å². The Morgan fingerprint density at radius 3 is 2.43 bits per heavy atom. The standard InChI is InChI=1S/C21H16N4O3/c22-12-14-1-4-16(5-2-14)25-21(26)15-3-8-20(23-13-15)24-17-6-7-18-19(11-17)28-10-9-27-18/h1-8,11,13H,9-10H2,(H,23,24)(H,25,26). The van der Waals surface area contributed by atoms with Crippen LogP contribution in [-0.2, 0) is 0 Å². The van der Waals surface area contributed by atoms with Gasteiger partial charge in [0.15, 0.2) is 11.5 Å². The molecule has 2 N–H and O–H groups in total. The molecule has 2 aromatic carbocycles. The molecule has 0 radical (unpaired) electrons. The first-order chi connectivity index (χ1) is 13.7. The van der Waals surface area contributed by atoms with Gasteiger partial charge in [-0.1, -0.05) is 0 Å². The summed E-state index contributed by atoms with van der Waals surface area (Å²) in [5.41, 5.74) is 2.39. The first-order valence-corrected chi connectivity index (χ1v) is 8.65. The molecule has 0 atom stereocenters. The summed E-state index contributed by atoms with van der Waals surface area (Å²) in [5, 5.41) is 14.8. The molecule has 1 amide bonds. The maximum absolute atomic E-state index is 12.3. The smallest absolute Gasteiger partial charge is 0.257 e. The van der Waals surface area contributed by atoms with Crippen molar-refractivity contribution in [2.45, 2.75) is 0 Å². The maximum atomic E-state index is 12.3. The highest BCUT2D eigenvalue weighted by Crippen LogP contribution is 2.33. The van der Waals surface area contributed by atoms with E-state index in [0.717, 1.165) is 11.4 Å². The molecule has 0 fully saturated rings. The van der Waals surface area contributed by atoms with Crippen molar-refractivity contribution in [1.82, 2.24) is 4.98 Å². The first-order valence-electron chi connectivity index (χ1n) is 8.65. The third-order valence-electron chi connectivity index (χ3n) is 4.11. The normalized spacial score (nSPS) is 12.0.